The number of aromatic nitrogens is 4. The predicted molar refractivity (Wildman–Crippen MR) is 81.6 cm³/mol. The Kier molecular flexibility index (Phi) is 4.01. The van der Waals surface area contributed by atoms with Crippen LogP contribution in [0.15, 0.2) is 36.5 Å². The van der Waals surface area contributed by atoms with E-state index in [4.69, 9.17) is 16.3 Å². The third kappa shape index (κ3) is 3.13. The lowest BCUT2D eigenvalue weighted by Gasteiger charge is -2.06. The van der Waals surface area contributed by atoms with Gasteiger partial charge in [-0.15, -0.1) is 0 Å². The van der Waals surface area contributed by atoms with E-state index in [1.54, 1.807) is 6.20 Å². The van der Waals surface area contributed by atoms with Crippen molar-refractivity contribution in [3.63, 3.8) is 0 Å². The lowest BCUT2D eigenvalue weighted by atomic mass is 10.3. The molecule has 5 nitrogen and oxygen atoms in total. The molecule has 0 aliphatic rings. The molecule has 0 aliphatic heterocycles. The molecule has 0 spiro atoms. The Bertz CT molecular complexity index is 742. The molecule has 0 saturated carbocycles. The van der Waals surface area contributed by atoms with Crippen molar-refractivity contribution in [1.29, 1.82) is 0 Å². The van der Waals surface area contributed by atoms with E-state index in [-0.39, 0.29) is 0 Å². The van der Waals surface area contributed by atoms with E-state index < -0.39 is 0 Å². The molecule has 0 N–H and O–H groups in total. The Hall–Kier alpha value is -2.14. The fourth-order valence-electron chi connectivity index (χ4n) is 2.11. The monoisotopic (exact) mass is 302 g/mol. The number of ether oxygens (including phenoxy) is 1. The van der Waals surface area contributed by atoms with Crippen LogP contribution in [-0.2, 0) is 6.54 Å². The molecule has 0 radical (unpaired) electrons. The molecule has 2 aromatic heterocycles. The zero-order valence-electron chi connectivity index (χ0n) is 11.7. The maximum atomic E-state index is 6.09. The van der Waals surface area contributed by atoms with Crippen LogP contribution in [0.3, 0.4) is 0 Å². The number of hydrogen-bond acceptors (Lipinski definition) is 4. The summed E-state index contributed by atoms with van der Waals surface area (Å²) in [6.07, 6.45) is 2.54. The van der Waals surface area contributed by atoms with Crippen molar-refractivity contribution < 1.29 is 4.74 Å². The second-order valence-corrected chi connectivity index (χ2v) is 5.04. The van der Waals surface area contributed by atoms with E-state index in [0.717, 1.165) is 29.7 Å². The lowest BCUT2D eigenvalue weighted by molar-refractivity contribution is 0.299. The van der Waals surface area contributed by atoms with Gasteiger partial charge < -0.3 is 4.74 Å². The molecule has 6 heteroatoms. The first-order chi connectivity index (χ1) is 10.2. The number of benzene rings is 1. The van der Waals surface area contributed by atoms with Crippen LogP contribution in [-0.4, -0.2) is 26.4 Å². The standard InChI is InChI=1S/C15H15ClN4O/c1-11-18-14(16)13-10-17-20(15(13)19-11)8-5-9-21-12-6-3-2-4-7-12/h2-4,6-7,10H,5,8-9H2,1H3. The summed E-state index contributed by atoms with van der Waals surface area (Å²) in [5, 5.41) is 5.55. The van der Waals surface area contributed by atoms with Gasteiger partial charge in [-0.2, -0.15) is 5.10 Å². The van der Waals surface area contributed by atoms with Crippen molar-refractivity contribution in [1.82, 2.24) is 19.7 Å². The zero-order chi connectivity index (χ0) is 14.7. The molecule has 0 bridgehead atoms. The SMILES string of the molecule is Cc1nc(Cl)c2cnn(CCCOc3ccccc3)c2n1. The summed E-state index contributed by atoms with van der Waals surface area (Å²) in [4.78, 5) is 8.52. The van der Waals surface area contributed by atoms with E-state index in [9.17, 15) is 0 Å². The van der Waals surface area contributed by atoms with Crippen molar-refractivity contribution in [2.75, 3.05) is 6.61 Å². The average molecular weight is 303 g/mol. The minimum absolute atomic E-state index is 0.448. The topological polar surface area (TPSA) is 52.8 Å². The van der Waals surface area contributed by atoms with Gasteiger partial charge >= 0.3 is 0 Å². The maximum absolute atomic E-state index is 6.09. The van der Waals surface area contributed by atoms with Crippen molar-refractivity contribution in [2.24, 2.45) is 0 Å². The smallest absolute Gasteiger partial charge is 0.163 e. The number of fused-ring (bicyclic) bond motifs is 1. The Morgan fingerprint density at radius 2 is 2.00 bits per heavy atom. The normalized spacial score (nSPS) is 11.0. The fraction of sp³-hybridized carbons (Fsp3) is 0.267. The number of hydrogen-bond donors (Lipinski definition) is 0. The first-order valence-corrected chi connectivity index (χ1v) is 7.15. The van der Waals surface area contributed by atoms with Crippen LogP contribution in [0, 0.1) is 6.92 Å². The van der Waals surface area contributed by atoms with Gasteiger partial charge in [0.2, 0.25) is 0 Å². The molecule has 2 heterocycles. The number of nitrogens with zero attached hydrogens (tertiary/aromatic N) is 4. The van der Waals surface area contributed by atoms with Gasteiger partial charge in [0.1, 0.15) is 16.7 Å². The highest BCUT2D eigenvalue weighted by molar-refractivity contribution is 6.33. The molecule has 1 aromatic carbocycles. The van der Waals surface area contributed by atoms with Crippen LogP contribution in [0.5, 0.6) is 5.75 Å². The van der Waals surface area contributed by atoms with Crippen LogP contribution in [0.4, 0.5) is 0 Å². The van der Waals surface area contributed by atoms with Crippen molar-refractivity contribution in [3.8, 4) is 5.75 Å². The summed E-state index contributed by atoms with van der Waals surface area (Å²) in [5.41, 5.74) is 0.771. The van der Waals surface area contributed by atoms with Crippen molar-refractivity contribution >= 4 is 22.6 Å². The molecule has 21 heavy (non-hydrogen) atoms. The highest BCUT2D eigenvalue weighted by Gasteiger charge is 2.09. The van der Waals surface area contributed by atoms with Crippen LogP contribution in [0.2, 0.25) is 5.15 Å². The molecule has 108 valence electrons. The Labute approximate surface area is 127 Å². The van der Waals surface area contributed by atoms with E-state index in [1.165, 1.54) is 0 Å². The van der Waals surface area contributed by atoms with Crippen molar-refractivity contribution in [2.45, 2.75) is 19.9 Å². The second kappa shape index (κ2) is 6.10. The van der Waals surface area contributed by atoms with Gasteiger partial charge in [-0.3, -0.25) is 0 Å². The number of aryl methyl sites for hydroxylation is 2. The minimum atomic E-state index is 0.448. The van der Waals surface area contributed by atoms with Gasteiger partial charge in [-0.1, -0.05) is 29.8 Å². The summed E-state index contributed by atoms with van der Waals surface area (Å²) in [7, 11) is 0. The van der Waals surface area contributed by atoms with Gasteiger partial charge in [-0.05, 0) is 19.1 Å². The molecule has 0 amide bonds. The Morgan fingerprint density at radius 3 is 2.81 bits per heavy atom. The van der Waals surface area contributed by atoms with E-state index in [0.29, 0.717) is 17.6 Å². The lowest BCUT2D eigenvalue weighted by Crippen LogP contribution is -2.07. The summed E-state index contributed by atoms with van der Waals surface area (Å²) in [6, 6.07) is 9.77. The van der Waals surface area contributed by atoms with E-state index in [1.807, 2.05) is 41.9 Å². The quantitative estimate of drug-likeness (QED) is 0.536. The highest BCUT2D eigenvalue weighted by Crippen LogP contribution is 2.19. The van der Waals surface area contributed by atoms with E-state index >= 15 is 0 Å². The van der Waals surface area contributed by atoms with Gasteiger partial charge in [0.25, 0.3) is 0 Å². The number of rotatable bonds is 5. The van der Waals surface area contributed by atoms with Gasteiger partial charge in [0.15, 0.2) is 5.65 Å². The zero-order valence-corrected chi connectivity index (χ0v) is 12.4. The average Bonchev–Trinajstić information content (AvgIpc) is 2.88. The molecule has 0 aliphatic carbocycles. The maximum Gasteiger partial charge on any atom is 0.163 e. The molecule has 0 fully saturated rings. The van der Waals surface area contributed by atoms with Gasteiger partial charge in [0.05, 0.1) is 18.2 Å². The Morgan fingerprint density at radius 1 is 1.19 bits per heavy atom. The first-order valence-electron chi connectivity index (χ1n) is 6.77. The molecular weight excluding hydrogens is 288 g/mol. The van der Waals surface area contributed by atoms with Gasteiger partial charge in [0, 0.05) is 13.0 Å². The first kappa shape index (κ1) is 13.8. The Balaban J connectivity index is 1.63. The molecule has 3 rings (SSSR count). The molecular formula is C15H15ClN4O. The van der Waals surface area contributed by atoms with Crippen LogP contribution < -0.4 is 4.74 Å². The van der Waals surface area contributed by atoms with Crippen LogP contribution >= 0.6 is 11.6 Å². The summed E-state index contributed by atoms with van der Waals surface area (Å²) >= 11 is 6.09. The summed E-state index contributed by atoms with van der Waals surface area (Å²) in [5.74, 6) is 1.53. The fourth-order valence-corrected chi connectivity index (χ4v) is 2.36. The van der Waals surface area contributed by atoms with E-state index in [2.05, 4.69) is 15.1 Å². The predicted octanol–water partition coefficient (Wildman–Crippen LogP) is 3.26. The van der Waals surface area contributed by atoms with Crippen LogP contribution in [0.25, 0.3) is 11.0 Å². The minimum Gasteiger partial charge on any atom is -0.494 e. The van der Waals surface area contributed by atoms with Crippen molar-refractivity contribution in [3.05, 3.63) is 47.5 Å². The molecule has 0 atom stereocenters. The third-order valence-corrected chi connectivity index (χ3v) is 3.38. The molecule has 0 saturated heterocycles. The second-order valence-electron chi connectivity index (χ2n) is 4.68. The van der Waals surface area contributed by atoms with Crippen LogP contribution in [0.1, 0.15) is 12.2 Å². The molecule has 3 aromatic rings. The summed E-state index contributed by atoms with van der Waals surface area (Å²) in [6.45, 7) is 3.17. The number of halogens is 1. The largest absolute Gasteiger partial charge is 0.494 e. The summed E-state index contributed by atoms with van der Waals surface area (Å²) < 4.78 is 7.50. The van der Waals surface area contributed by atoms with Gasteiger partial charge in [-0.25, -0.2) is 14.6 Å². The molecule has 0 unspecified atom stereocenters. The number of para-hydroxylation sites is 1. The third-order valence-electron chi connectivity index (χ3n) is 3.09. The highest BCUT2D eigenvalue weighted by atomic mass is 35.5.